The van der Waals surface area contributed by atoms with Crippen LogP contribution in [0.1, 0.15) is 47.8 Å². The average Bonchev–Trinajstić information content (AvgIpc) is 3.16. The van der Waals surface area contributed by atoms with Crippen molar-refractivity contribution < 1.29 is 14.0 Å². The summed E-state index contributed by atoms with van der Waals surface area (Å²) in [6.45, 7) is 1.34. The summed E-state index contributed by atoms with van der Waals surface area (Å²) in [5, 5.41) is 0. The fourth-order valence-electron chi connectivity index (χ4n) is 3.73. The van der Waals surface area contributed by atoms with Crippen LogP contribution >= 0.6 is 0 Å². The van der Waals surface area contributed by atoms with Crippen molar-refractivity contribution in [1.29, 1.82) is 0 Å². The number of halogens is 1. The lowest BCUT2D eigenvalue weighted by molar-refractivity contribution is -0.132. The maximum atomic E-state index is 12.9. The Morgan fingerprint density at radius 1 is 1.04 bits per heavy atom. The quantitative estimate of drug-likeness (QED) is 0.680. The van der Waals surface area contributed by atoms with Gasteiger partial charge in [-0.15, -0.1) is 0 Å². The molecule has 0 aliphatic carbocycles. The van der Waals surface area contributed by atoms with Gasteiger partial charge in [-0.25, -0.2) is 9.37 Å². The van der Waals surface area contributed by atoms with Gasteiger partial charge in [-0.05, 0) is 49.2 Å². The van der Waals surface area contributed by atoms with Crippen LogP contribution in [0.5, 0.6) is 0 Å². The highest BCUT2D eigenvalue weighted by molar-refractivity contribution is 5.97. The Morgan fingerprint density at radius 2 is 1.75 bits per heavy atom. The number of H-pyrrole nitrogens is 1. The van der Waals surface area contributed by atoms with Crippen molar-refractivity contribution in [3.8, 4) is 0 Å². The van der Waals surface area contributed by atoms with Gasteiger partial charge in [0, 0.05) is 37.4 Å². The lowest BCUT2D eigenvalue weighted by atomic mass is 9.95. The van der Waals surface area contributed by atoms with Crippen LogP contribution in [0.3, 0.4) is 0 Å². The monoisotopic (exact) mass is 379 g/mol. The first-order valence-corrected chi connectivity index (χ1v) is 9.61. The van der Waals surface area contributed by atoms with Crippen molar-refractivity contribution in [2.45, 2.75) is 31.6 Å². The van der Waals surface area contributed by atoms with Crippen LogP contribution in [0.4, 0.5) is 4.39 Å². The van der Waals surface area contributed by atoms with E-state index >= 15 is 0 Å². The second-order valence-electron chi connectivity index (χ2n) is 7.22. The number of imidazole rings is 1. The second-order valence-corrected chi connectivity index (χ2v) is 7.22. The van der Waals surface area contributed by atoms with E-state index in [9.17, 15) is 14.0 Å². The number of aromatic nitrogens is 2. The van der Waals surface area contributed by atoms with Crippen molar-refractivity contribution in [2.75, 3.05) is 13.1 Å². The molecule has 0 radical (unpaired) electrons. The number of ketones is 1. The third kappa shape index (κ3) is 3.96. The molecule has 0 unspecified atom stereocenters. The first-order chi connectivity index (χ1) is 13.6. The largest absolute Gasteiger partial charge is 0.343 e. The number of nitrogens with zero attached hydrogens (tertiary/aromatic N) is 2. The highest BCUT2D eigenvalue weighted by atomic mass is 19.1. The summed E-state index contributed by atoms with van der Waals surface area (Å²) in [5.74, 6) is 0.793. The maximum Gasteiger partial charge on any atom is 0.223 e. The fraction of sp³-hybridized carbons (Fsp3) is 0.318. The molecule has 28 heavy (non-hydrogen) atoms. The molecule has 2 heterocycles. The molecule has 4 rings (SSSR count). The number of hydrogen-bond donors (Lipinski definition) is 1. The molecule has 5 nitrogen and oxygen atoms in total. The highest BCUT2D eigenvalue weighted by Crippen LogP contribution is 2.28. The number of likely N-dealkylation sites (tertiary alicyclic amines) is 1. The van der Waals surface area contributed by atoms with Crippen LogP contribution in [0.15, 0.2) is 48.5 Å². The number of rotatable bonds is 5. The molecule has 0 bridgehead atoms. The number of carbonyl (C=O) groups is 2. The molecular formula is C22H22FN3O2. The predicted octanol–water partition coefficient (Wildman–Crippen LogP) is 4.07. The average molecular weight is 379 g/mol. The van der Waals surface area contributed by atoms with E-state index in [0.29, 0.717) is 24.6 Å². The van der Waals surface area contributed by atoms with E-state index in [1.54, 1.807) is 0 Å². The van der Waals surface area contributed by atoms with E-state index < -0.39 is 0 Å². The number of amides is 1. The normalized spacial score (nSPS) is 15.1. The van der Waals surface area contributed by atoms with E-state index in [-0.39, 0.29) is 30.3 Å². The topological polar surface area (TPSA) is 66.1 Å². The van der Waals surface area contributed by atoms with Gasteiger partial charge in [-0.3, -0.25) is 9.59 Å². The molecular weight excluding hydrogens is 357 g/mol. The summed E-state index contributed by atoms with van der Waals surface area (Å²) >= 11 is 0. The van der Waals surface area contributed by atoms with Crippen LogP contribution in [-0.2, 0) is 4.79 Å². The Kier molecular flexibility index (Phi) is 5.19. The molecule has 1 N–H and O–H groups in total. The number of benzene rings is 2. The third-order valence-electron chi connectivity index (χ3n) is 5.37. The van der Waals surface area contributed by atoms with E-state index in [4.69, 9.17) is 0 Å². The minimum Gasteiger partial charge on any atom is -0.343 e. The van der Waals surface area contributed by atoms with Gasteiger partial charge in [0.05, 0.1) is 11.0 Å². The zero-order chi connectivity index (χ0) is 19.5. The Labute approximate surface area is 162 Å². The Morgan fingerprint density at radius 3 is 2.46 bits per heavy atom. The van der Waals surface area contributed by atoms with Crippen LogP contribution in [0.2, 0.25) is 0 Å². The molecule has 1 aliphatic rings. The Hall–Kier alpha value is -3.02. The summed E-state index contributed by atoms with van der Waals surface area (Å²) in [7, 11) is 0. The first kappa shape index (κ1) is 18.3. The molecule has 1 saturated heterocycles. The van der Waals surface area contributed by atoms with Gasteiger partial charge >= 0.3 is 0 Å². The number of Topliss-reactive ketones (excluding diaryl/α,β-unsaturated/α-hetero) is 1. The van der Waals surface area contributed by atoms with Crippen LogP contribution < -0.4 is 0 Å². The highest BCUT2D eigenvalue weighted by Gasteiger charge is 2.26. The smallest absolute Gasteiger partial charge is 0.223 e. The lowest BCUT2D eigenvalue weighted by Gasteiger charge is -2.31. The molecule has 6 heteroatoms. The molecule has 1 fully saturated rings. The molecule has 144 valence electrons. The molecule has 0 spiro atoms. The number of aromatic amines is 1. The summed E-state index contributed by atoms with van der Waals surface area (Å²) in [4.78, 5) is 34.5. The van der Waals surface area contributed by atoms with Crippen molar-refractivity contribution in [3.05, 3.63) is 65.7 Å². The van der Waals surface area contributed by atoms with Gasteiger partial charge < -0.3 is 9.88 Å². The summed E-state index contributed by atoms with van der Waals surface area (Å²) in [5.41, 5.74) is 2.45. The number of fused-ring (bicyclic) bond motifs is 1. The zero-order valence-electron chi connectivity index (χ0n) is 15.5. The van der Waals surface area contributed by atoms with Crippen molar-refractivity contribution in [2.24, 2.45) is 0 Å². The minimum atomic E-state index is -0.375. The van der Waals surface area contributed by atoms with Gasteiger partial charge in [0.1, 0.15) is 11.6 Å². The molecule has 1 aliphatic heterocycles. The van der Waals surface area contributed by atoms with Gasteiger partial charge in [0.2, 0.25) is 5.91 Å². The van der Waals surface area contributed by atoms with E-state index in [0.717, 1.165) is 29.7 Å². The fourth-order valence-corrected chi connectivity index (χ4v) is 3.73. The van der Waals surface area contributed by atoms with E-state index in [2.05, 4.69) is 9.97 Å². The molecule has 0 atom stereocenters. The number of hydrogen-bond acceptors (Lipinski definition) is 3. The summed E-state index contributed by atoms with van der Waals surface area (Å²) in [6, 6.07) is 13.4. The van der Waals surface area contributed by atoms with E-state index in [1.807, 2.05) is 29.2 Å². The van der Waals surface area contributed by atoms with Gasteiger partial charge in [0.15, 0.2) is 5.78 Å². The number of nitrogens with one attached hydrogen (secondary N) is 1. The summed E-state index contributed by atoms with van der Waals surface area (Å²) in [6.07, 6.45) is 2.05. The lowest BCUT2D eigenvalue weighted by Crippen LogP contribution is -2.38. The van der Waals surface area contributed by atoms with Crippen molar-refractivity contribution in [1.82, 2.24) is 14.9 Å². The molecule has 0 saturated carbocycles. The molecule has 2 aromatic carbocycles. The van der Waals surface area contributed by atoms with Crippen LogP contribution in [-0.4, -0.2) is 39.6 Å². The minimum absolute atomic E-state index is 0.00137. The Bertz CT molecular complexity index is 955. The zero-order valence-corrected chi connectivity index (χ0v) is 15.5. The second kappa shape index (κ2) is 7.92. The standard InChI is InChI=1S/C22H22FN3O2/c23-17-7-5-15(6-8-17)20(27)9-10-21(28)26-13-11-16(12-14-26)22-24-18-3-1-2-4-19(18)25-22/h1-8,16H,9-14H2,(H,24,25). The maximum absolute atomic E-state index is 12.9. The number of para-hydroxylation sites is 2. The number of carbonyl (C=O) groups excluding carboxylic acids is 2. The molecule has 1 amide bonds. The van der Waals surface area contributed by atoms with Crippen LogP contribution in [0.25, 0.3) is 11.0 Å². The third-order valence-corrected chi connectivity index (χ3v) is 5.37. The van der Waals surface area contributed by atoms with Crippen molar-refractivity contribution >= 4 is 22.7 Å². The first-order valence-electron chi connectivity index (χ1n) is 9.61. The van der Waals surface area contributed by atoms with Gasteiger partial charge in [-0.2, -0.15) is 0 Å². The van der Waals surface area contributed by atoms with Gasteiger partial charge in [-0.1, -0.05) is 12.1 Å². The van der Waals surface area contributed by atoms with Crippen LogP contribution in [0, 0.1) is 5.82 Å². The Balaban J connectivity index is 1.29. The summed E-state index contributed by atoms with van der Waals surface area (Å²) < 4.78 is 12.9. The number of piperidine rings is 1. The predicted molar refractivity (Wildman–Crippen MR) is 105 cm³/mol. The SMILES string of the molecule is O=C(CCC(=O)N1CCC(c2nc3ccccc3[nH]2)CC1)c1ccc(F)cc1. The molecule has 1 aromatic heterocycles. The van der Waals surface area contributed by atoms with E-state index in [1.165, 1.54) is 24.3 Å². The van der Waals surface area contributed by atoms with Gasteiger partial charge in [0.25, 0.3) is 0 Å². The van der Waals surface area contributed by atoms with Crippen molar-refractivity contribution in [3.63, 3.8) is 0 Å². The molecule has 3 aromatic rings.